The van der Waals surface area contributed by atoms with Crippen molar-refractivity contribution in [2.45, 2.75) is 83.7 Å². The second kappa shape index (κ2) is 6.13. The molecule has 2 rings (SSSR count). The third-order valence-corrected chi connectivity index (χ3v) is 5.39. The summed E-state index contributed by atoms with van der Waals surface area (Å²) in [7, 11) is 2.18. The van der Waals surface area contributed by atoms with E-state index in [9.17, 15) is 0 Å². The fourth-order valence-corrected chi connectivity index (χ4v) is 4.29. The van der Waals surface area contributed by atoms with E-state index in [4.69, 9.17) is 0 Å². The van der Waals surface area contributed by atoms with E-state index < -0.39 is 0 Å². The van der Waals surface area contributed by atoms with Gasteiger partial charge >= 0.3 is 0 Å². The minimum atomic E-state index is 0.458. The highest BCUT2D eigenvalue weighted by atomic mass is 15.2. The Balaban J connectivity index is 2.07. The van der Waals surface area contributed by atoms with Crippen molar-refractivity contribution in [1.29, 1.82) is 0 Å². The molecule has 0 bridgehead atoms. The maximum atomic E-state index is 3.69. The van der Waals surface area contributed by atoms with E-state index >= 15 is 0 Å². The normalized spacial score (nSPS) is 25.9. The standard InChI is InChI=1S/C17H34N2/c1-16(2,3)12-9-15(18-4)17(10-5-6-11-17)19-13-7-8-14-19/h15,18H,5-14H2,1-4H3. The van der Waals surface area contributed by atoms with E-state index in [1.807, 2.05) is 0 Å². The first-order valence-electron chi connectivity index (χ1n) is 8.40. The van der Waals surface area contributed by atoms with Gasteiger partial charge in [-0.1, -0.05) is 33.6 Å². The molecular formula is C17H34N2. The average molecular weight is 266 g/mol. The van der Waals surface area contributed by atoms with Crippen LogP contribution in [0.3, 0.4) is 0 Å². The van der Waals surface area contributed by atoms with Crippen molar-refractivity contribution in [2.24, 2.45) is 5.41 Å². The van der Waals surface area contributed by atoms with Crippen molar-refractivity contribution in [2.75, 3.05) is 20.1 Å². The lowest BCUT2D eigenvalue weighted by molar-refractivity contribution is 0.0711. The average Bonchev–Trinajstić information content (AvgIpc) is 2.99. The second-order valence-corrected chi connectivity index (χ2v) is 7.95. The van der Waals surface area contributed by atoms with Crippen LogP contribution in [0.15, 0.2) is 0 Å². The van der Waals surface area contributed by atoms with Crippen LogP contribution in [0.4, 0.5) is 0 Å². The molecule has 2 nitrogen and oxygen atoms in total. The Kier molecular flexibility index (Phi) is 4.94. The molecule has 1 atom stereocenters. The summed E-state index contributed by atoms with van der Waals surface area (Å²) >= 11 is 0. The van der Waals surface area contributed by atoms with Crippen LogP contribution in [0.2, 0.25) is 0 Å². The van der Waals surface area contributed by atoms with Crippen LogP contribution in [0.1, 0.15) is 72.1 Å². The van der Waals surface area contributed by atoms with Gasteiger partial charge in [0, 0.05) is 11.6 Å². The molecule has 112 valence electrons. The van der Waals surface area contributed by atoms with Crippen molar-refractivity contribution >= 4 is 0 Å². The lowest BCUT2D eigenvalue weighted by Crippen LogP contribution is -2.58. The van der Waals surface area contributed by atoms with Gasteiger partial charge in [0.25, 0.3) is 0 Å². The number of likely N-dealkylation sites (N-methyl/N-ethyl adjacent to an activating group) is 1. The quantitative estimate of drug-likeness (QED) is 0.814. The van der Waals surface area contributed by atoms with Gasteiger partial charge in [-0.2, -0.15) is 0 Å². The lowest BCUT2D eigenvalue weighted by atomic mass is 9.79. The molecule has 1 aliphatic heterocycles. The van der Waals surface area contributed by atoms with Crippen molar-refractivity contribution in [3.63, 3.8) is 0 Å². The molecule has 0 amide bonds. The zero-order chi connectivity index (χ0) is 13.9. The summed E-state index contributed by atoms with van der Waals surface area (Å²) in [6.07, 6.45) is 11.2. The highest BCUT2D eigenvalue weighted by Gasteiger charge is 2.45. The van der Waals surface area contributed by atoms with Gasteiger partial charge < -0.3 is 5.32 Å². The van der Waals surface area contributed by atoms with E-state index in [1.165, 1.54) is 64.5 Å². The number of nitrogens with zero attached hydrogens (tertiary/aromatic N) is 1. The smallest absolute Gasteiger partial charge is 0.0362 e. The van der Waals surface area contributed by atoms with Gasteiger partial charge in [0.15, 0.2) is 0 Å². The van der Waals surface area contributed by atoms with Crippen molar-refractivity contribution in [3.8, 4) is 0 Å². The molecule has 1 heterocycles. The van der Waals surface area contributed by atoms with Crippen LogP contribution in [-0.2, 0) is 0 Å². The third kappa shape index (κ3) is 3.52. The number of hydrogen-bond donors (Lipinski definition) is 1. The van der Waals surface area contributed by atoms with Crippen molar-refractivity contribution in [3.05, 3.63) is 0 Å². The second-order valence-electron chi connectivity index (χ2n) is 7.95. The molecule has 1 unspecified atom stereocenters. The molecular weight excluding hydrogens is 232 g/mol. The summed E-state index contributed by atoms with van der Waals surface area (Å²) in [6.45, 7) is 9.80. The number of likely N-dealkylation sites (tertiary alicyclic amines) is 1. The summed E-state index contributed by atoms with van der Waals surface area (Å²) in [4.78, 5) is 2.84. The molecule has 2 heteroatoms. The highest BCUT2D eigenvalue weighted by Crippen LogP contribution is 2.42. The first-order valence-corrected chi connectivity index (χ1v) is 8.40. The zero-order valence-electron chi connectivity index (χ0n) is 13.6. The summed E-state index contributed by atoms with van der Waals surface area (Å²) in [5.74, 6) is 0. The Morgan fingerprint density at radius 1 is 1.05 bits per heavy atom. The Hall–Kier alpha value is -0.0800. The highest BCUT2D eigenvalue weighted by molar-refractivity contribution is 5.04. The van der Waals surface area contributed by atoms with Crippen LogP contribution in [-0.4, -0.2) is 36.6 Å². The van der Waals surface area contributed by atoms with Gasteiger partial charge in [0.05, 0.1) is 0 Å². The summed E-state index contributed by atoms with van der Waals surface area (Å²) in [5, 5.41) is 3.69. The molecule has 0 aromatic rings. The zero-order valence-corrected chi connectivity index (χ0v) is 13.6. The molecule has 2 fully saturated rings. The van der Waals surface area contributed by atoms with Crippen LogP contribution >= 0.6 is 0 Å². The molecule has 1 aliphatic carbocycles. The first-order chi connectivity index (χ1) is 8.98. The van der Waals surface area contributed by atoms with Crippen LogP contribution in [0.5, 0.6) is 0 Å². The number of hydrogen-bond acceptors (Lipinski definition) is 2. The summed E-state index contributed by atoms with van der Waals surface area (Å²) < 4.78 is 0. The third-order valence-electron chi connectivity index (χ3n) is 5.39. The van der Waals surface area contributed by atoms with Crippen LogP contribution < -0.4 is 5.32 Å². The lowest BCUT2D eigenvalue weighted by Gasteiger charge is -2.46. The molecule has 1 saturated heterocycles. The van der Waals surface area contributed by atoms with Crippen molar-refractivity contribution in [1.82, 2.24) is 10.2 Å². The Morgan fingerprint density at radius 2 is 1.63 bits per heavy atom. The van der Waals surface area contributed by atoms with Gasteiger partial charge in [-0.25, -0.2) is 0 Å². The Bertz CT molecular complexity index is 267. The fraction of sp³-hybridized carbons (Fsp3) is 1.00. The minimum Gasteiger partial charge on any atom is -0.315 e. The van der Waals surface area contributed by atoms with Crippen LogP contribution in [0.25, 0.3) is 0 Å². The van der Waals surface area contributed by atoms with E-state index in [0.29, 0.717) is 17.0 Å². The van der Waals surface area contributed by atoms with Crippen molar-refractivity contribution < 1.29 is 0 Å². The van der Waals surface area contributed by atoms with Crippen LogP contribution in [0, 0.1) is 5.41 Å². The minimum absolute atomic E-state index is 0.458. The molecule has 0 radical (unpaired) electrons. The SMILES string of the molecule is CNC(CCC(C)(C)C)C1(N2CCCC2)CCCC1. The van der Waals surface area contributed by atoms with E-state index in [1.54, 1.807) is 0 Å². The Morgan fingerprint density at radius 3 is 2.11 bits per heavy atom. The van der Waals surface area contributed by atoms with E-state index in [-0.39, 0.29) is 0 Å². The van der Waals surface area contributed by atoms with Gasteiger partial charge in [-0.15, -0.1) is 0 Å². The molecule has 0 aromatic carbocycles. The topological polar surface area (TPSA) is 15.3 Å². The van der Waals surface area contributed by atoms with Gasteiger partial charge in [0.1, 0.15) is 0 Å². The van der Waals surface area contributed by atoms with Gasteiger partial charge in [0.2, 0.25) is 0 Å². The molecule has 0 spiro atoms. The monoisotopic (exact) mass is 266 g/mol. The molecule has 1 saturated carbocycles. The summed E-state index contributed by atoms with van der Waals surface area (Å²) in [6, 6.07) is 0.687. The molecule has 1 N–H and O–H groups in total. The maximum absolute atomic E-state index is 3.69. The molecule has 19 heavy (non-hydrogen) atoms. The predicted molar refractivity (Wildman–Crippen MR) is 83.5 cm³/mol. The van der Waals surface area contributed by atoms with E-state index in [0.717, 1.165) is 0 Å². The Labute approximate surface area is 120 Å². The fourth-order valence-electron chi connectivity index (χ4n) is 4.29. The summed E-state index contributed by atoms with van der Waals surface area (Å²) in [5.41, 5.74) is 0.941. The molecule has 2 aliphatic rings. The van der Waals surface area contributed by atoms with Gasteiger partial charge in [-0.05, 0) is 64.1 Å². The number of rotatable bonds is 5. The first kappa shape index (κ1) is 15.3. The number of nitrogens with one attached hydrogen (secondary N) is 1. The largest absolute Gasteiger partial charge is 0.315 e. The van der Waals surface area contributed by atoms with Gasteiger partial charge in [-0.3, -0.25) is 4.90 Å². The molecule has 0 aromatic heterocycles. The maximum Gasteiger partial charge on any atom is 0.0362 e. The van der Waals surface area contributed by atoms with E-state index in [2.05, 4.69) is 38.0 Å². The predicted octanol–water partition coefficient (Wildman–Crippen LogP) is 3.81.